The minimum Gasteiger partial charge on any atom is -0.463 e. The molecule has 2 rings (SSSR count). The molecule has 0 radical (unpaired) electrons. The van der Waals surface area contributed by atoms with Gasteiger partial charge in [0.2, 0.25) is 0 Å². The lowest BCUT2D eigenvalue weighted by molar-refractivity contribution is -0.137. The van der Waals surface area contributed by atoms with Gasteiger partial charge in [-0.2, -0.15) is 5.26 Å². The maximum atomic E-state index is 12.0. The van der Waals surface area contributed by atoms with Crippen molar-refractivity contribution in [3.63, 3.8) is 0 Å². The molecular weight excluding hydrogens is 330 g/mol. The lowest BCUT2D eigenvalue weighted by Crippen LogP contribution is -2.08. The van der Waals surface area contributed by atoms with Crippen LogP contribution in [0.25, 0.3) is 11.1 Å². The number of hydrogen-bond donors (Lipinski definition) is 0. The fraction of sp³-hybridized carbons (Fsp3) is 0.190. The number of rotatable bonds is 8. The molecule has 132 valence electrons. The molecule has 5 heteroatoms. The summed E-state index contributed by atoms with van der Waals surface area (Å²) in [4.78, 5) is 22.9. The molecular formula is C21H19NO4. The summed E-state index contributed by atoms with van der Waals surface area (Å²) in [5, 5.41) is 8.82. The van der Waals surface area contributed by atoms with Gasteiger partial charge < -0.3 is 9.47 Å². The SMILES string of the molecule is C=CC(=O)OCCCCOC(=O)c1ccc(-c2ccc(C#N)cc2)cc1. The van der Waals surface area contributed by atoms with Crippen LogP contribution in [0, 0.1) is 11.3 Å². The van der Waals surface area contributed by atoms with Crippen molar-refractivity contribution in [3.8, 4) is 17.2 Å². The largest absolute Gasteiger partial charge is 0.463 e. The molecule has 0 bridgehead atoms. The Kier molecular flexibility index (Phi) is 7.14. The molecule has 2 aromatic rings. The molecule has 0 heterocycles. The van der Waals surface area contributed by atoms with E-state index in [2.05, 4.69) is 12.6 Å². The molecule has 0 N–H and O–H groups in total. The van der Waals surface area contributed by atoms with Crippen LogP contribution in [-0.2, 0) is 14.3 Å². The molecule has 0 spiro atoms. The standard InChI is InChI=1S/C21H19NO4/c1-2-20(23)25-13-3-4-14-26-21(24)19-11-9-18(10-12-19)17-7-5-16(15-22)6-8-17/h2,5-12H,1,3-4,13-14H2. The minimum absolute atomic E-state index is 0.266. The van der Waals surface area contributed by atoms with E-state index >= 15 is 0 Å². The summed E-state index contributed by atoms with van der Waals surface area (Å²) in [6, 6.07) is 16.4. The Morgan fingerprint density at radius 1 is 0.923 bits per heavy atom. The van der Waals surface area contributed by atoms with Gasteiger partial charge in [0.15, 0.2) is 0 Å². The molecule has 0 fully saturated rings. The number of ether oxygens (including phenoxy) is 2. The van der Waals surface area contributed by atoms with Crippen molar-refractivity contribution >= 4 is 11.9 Å². The van der Waals surface area contributed by atoms with Crippen LogP contribution in [-0.4, -0.2) is 25.2 Å². The zero-order chi connectivity index (χ0) is 18.8. The van der Waals surface area contributed by atoms with Crippen LogP contribution < -0.4 is 0 Å². The van der Waals surface area contributed by atoms with Crippen LogP contribution >= 0.6 is 0 Å². The number of carbonyl (C=O) groups is 2. The summed E-state index contributed by atoms with van der Waals surface area (Å²) in [6.07, 6.45) is 2.34. The number of unbranched alkanes of at least 4 members (excludes halogenated alkanes) is 1. The third-order valence-corrected chi connectivity index (χ3v) is 3.65. The second kappa shape index (κ2) is 9.80. The quantitative estimate of drug-likeness (QED) is 0.410. The van der Waals surface area contributed by atoms with Crippen LogP contribution in [0.15, 0.2) is 61.2 Å². The number of nitrogens with zero attached hydrogens (tertiary/aromatic N) is 1. The van der Waals surface area contributed by atoms with E-state index in [1.54, 1.807) is 24.3 Å². The molecule has 0 atom stereocenters. The molecule has 0 unspecified atom stereocenters. The summed E-state index contributed by atoms with van der Waals surface area (Å²) in [5.41, 5.74) is 3.00. The van der Waals surface area contributed by atoms with Gasteiger partial charge in [0, 0.05) is 6.08 Å². The highest BCUT2D eigenvalue weighted by Gasteiger charge is 2.07. The first kappa shape index (κ1) is 18.9. The smallest absolute Gasteiger partial charge is 0.338 e. The molecule has 2 aromatic carbocycles. The van der Waals surface area contributed by atoms with Crippen LogP contribution in [0.1, 0.15) is 28.8 Å². The van der Waals surface area contributed by atoms with Gasteiger partial charge in [-0.15, -0.1) is 0 Å². The van der Waals surface area contributed by atoms with Gasteiger partial charge in [0.1, 0.15) is 0 Å². The summed E-state index contributed by atoms with van der Waals surface area (Å²) < 4.78 is 10.0. The van der Waals surface area contributed by atoms with E-state index in [0.29, 0.717) is 24.0 Å². The third-order valence-electron chi connectivity index (χ3n) is 3.65. The van der Waals surface area contributed by atoms with Crippen LogP contribution in [0.5, 0.6) is 0 Å². The van der Waals surface area contributed by atoms with Gasteiger partial charge in [0.25, 0.3) is 0 Å². The Labute approximate surface area is 152 Å². The summed E-state index contributed by atoms with van der Waals surface area (Å²) in [7, 11) is 0. The van der Waals surface area contributed by atoms with Gasteiger partial charge in [0.05, 0.1) is 30.4 Å². The Bertz CT molecular complexity index is 801. The second-order valence-electron chi connectivity index (χ2n) is 5.48. The predicted octanol–water partition coefficient (Wildman–Crippen LogP) is 3.89. The Hall–Kier alpha value is -3.39. The van der Waals surface area contributed by atoms with Crippen molar-refractivity contribution < 1.29 is 19.1 Å². The van der Waals surface area contributed by atoms with E-state index in [9.17, 15) is 9.59 Å². The lowest BCUT2D eigenvalue weighted by Gasteiger charge is -2.06. The van der Waals surface area contributed by atoms with Crippen molar-refractivity contribution in [2.75, 3.05) is 13.2 Å². The van der Waals surface area contributed by atoms with Crippen molar-refractivity contribution in [3.05, 3.63) is 72.3 Å². The van der Waals surface area contributed by atoms with E-state index in [0.717, 1.165) is 17.2 Å². The predicted molar refractivity (Wildman–Crippen MR) is 97.3 cm³/mol. The molecule has 0 amide bonds. The third kappa shape index (κ3) is 5.60. The molecule has 26 heavy (non-hydrogen) atoms. The number of carbonyl (C=O) groups excluding carboxylic acids is 2. The minimum atomic E-state index is -0.454. The van der Waals surface area contributed by atoms with Gasteiger partial charge >= 0.3 is 11.9 Å². The van der Waals surface area contributed by atoms with Crippen LogP contribution in [0.2, 0.25) is 0 Å². The Morgan fingerprint density at radius 2 is 1.46 bits per heavy atom. The van der Waals surface area contributed by atoms with Gasteiger partial charge in [-0.1, -0.05) is 30.8 Å². The first-order chi connectivity index (χ1) is 12.6. The first-order valence-corrected chi connectivity index (χ1v) is 8.21. The molecule has 0 saturated carbocycles. The molecule has 0 aliphatic carbocycles. The molecule has 5 nitrogen and oxygen atoms in total. The normalized spacial score (nSPS) is 9.81. The van der Waals surface area contributed by atoms with E-state index in [1.165, 1.54) is 0 Å². The topological polar surface area (TPSA) is 76.4 Å². The van der Waals surface area contributed by atoms with Crippen LogP contribution in [0.3, 0.4) is 0 Å². The average Bonchev–Trinajstić information content (AvgIpc) is 2.70. The average molecular weight is 349 g/mol. The summed E-state index contributed by atoms with van der Waals surface area (Å²) in [6.45, 7) is 3.85. The highest BCUT2D eigenvalue weighted by atomic mass is 16.5. The maximum absolute atomic E-state index is 12.0. The first-order valence-electron chi connectivity index (χ1n) is 8.21. The number of hydrogen-bond acceptors (Lipinski definition) is 5. The van der Waals surface area contributed by atoms with Crippen LogP contribution in [0.4, 0.5) is 0 Å². The number of esters is 2. The molecule has 0 aromatic heterocycles. The van der Waals surface area contributed by atoms with Gasteiger partial charge in [-0.3, -0.25) is 0 Å². The van der Waals surface area contributed by atoms with Gasteiger partial charge in [-0.25, -0.2) is 9.59 Å². The summed E-state index contributed by atoms with van der Waals surface area (Å²) in [5.74, 6) is -0.844. The van der Waals surface area contributed by atoms with E-state index in [4.69, 9.17) is 14.7 Å². The molecule has 0 saturated heterocycles. The fourth-order valence-electron chi connectivity index (χ4n) is 2.22. The van der Waals surface area contributed by atoms with Gasteiger partial charge in [-0.05, 0) is 48.2 Å². The fourth-order valence-corrected chi connectivity index (χ4v) is 2.22. The van der Waals surface area contributed by atoms with E-state index in [1.807, 2.05) is 24.3 Å². The van der Waals surface area contributed by atoms with Crippen molar-refractivity contribution in [1.29, 1.82) is 5.26 Å². The Balaban J connectivity index is 1.80. The molecule has 0 aliphatic heterocycles. The highest BCUT2D eigenvalue weighted by molar-refractivity contribution is 5.90. The lowest BCUT2D eigenvalue weighted by atomic mass is 10.0. The molecule has 0 aliphatic rings. The van der Waals surface area contributed by atoms with E-state index < -0.39 is 5.97 Å². The number of nitriles is 1. The van der Waals surface area contributed by atoms with Crippen molar-refractivity contribution in [2.24, 2.45) is 0 Å². The maximum Gasteiger partial charge on any atom is 0.338 e. The zero-order valence-corrected chi connectivity index (χ0v) is 14.3. The Morgan fingerprint density at radius 3 is 2.00 bits per heavy atom. The highest BCUT2D eigenvalue weighted by Crippen LogP contribution is 2.20. The zero-order valence-electron chi connectivity index (χ0n) is 14.3. The monoisotopic (exact) mass is 349 g/mol. The van der Waals surface area contributed by atoms with Crippen molar-refractivity contribution in [1.82, 2.24) is 0 Å². The summed E-state index contributed by atoms with van der Waals surface area (Å²) >= 11 is 0. The number of benzene rings is 2. The second-order valence-corrected chi connectivity index (χ2v) is 5.48. The van der Waals surface area contributed by atoms with E-state index in [-0.39, 0.29) is 19.2 Å². The van der Waals surface area contributed by atoms with Crippen molar-refractivity contribution in [2.45, 2.75) is 12.8 Å².